The van der Waals surface area contributed by atoms with Crippen LogP contribution in [0.15, 0.2) is 36.5 Å². The number of hydrogen-bond donors (Lipinski definition) is 3. The van der Waals surface area contributed by atoms with Crippen molar-refractivity contribution >= 4 is 28.0 Å². The van der Waals surface area contributed by atoms with Gasteiger partial charge in [-0.1, -0.05) is 13.8 Å². The van der Waals surface area contributed by atoms with Gasteiger partial charge in [0.2, 0.25) is 0 Å². The van der Waals surface area contributed by atoms with Crippen LogP contribution in [-0.4, -0.2) is 55.2 Å². The van der Waals surface area contributed by atoms with Gasteiger partial charge in [-0.3, -0.25) is 5.10 Å². The number of carbonyl (C=O) groups is 1. The molecule has 0 unspecified atom stereocenters. The van der Waals surface area contributed by atoms with Gasteiger partial charge in [0.25, 0.3) is 0 Å². The molecule has 1 aliphatic carbocycles. The van der Waals surface area contributed by atoms with Crippen molar-refractivity contribution in [3.05, 3.63) is 53.6 Å². The van der Waals surface area contributed by atoms with E-state index < -0.39 is 17.0 Å². The van der Waals surface area contributed by atoms with Crippen LogP contribution in [0.4, 0.5) is 4.39 Å². The fourth-order valence-electron chi connectivity index (χ4n) is 5.07. The van der Waals surface area contributed by atoms with Gasteiger partial charge >= 0.3 is 5.97 Å². The van der Waals surface area contributed by atoms with Gasteiger partial charge in [-0.2, -0.15) is 5.10 Å². The number of H-pyrrole nitrogens is 1. The number of carboxylic acids is 1. The van der Waals surface area contributed by atoms with Gasteiger partial charge in [0.1, 0.15) is 5.82 Å². The minimum Gasteiger partial charge on any atom is -0.479 e. The summed E-state index contributed by atoms with van der Waals surface area (Å²) < 4.78 is 21.3. The first kappa shape index (κ1) is 21.5. The van der Waals surface area contributed by atoms with E-state index in [0.717, 1.165) is 27.8 Å². The molecule has 3 heterocycles. The Morgan fingerprint density at radius 1 is 1.33 bits per heavy atom. The minimum atomic E-state index is -1.75. The number of rotatable bonds is 6. The lowest BCUT2D eigenvalue weighted by atomic mass is 9.66. The van der Waals surface area contributed by atoms with Crippen LogP contribution in [0.3, 0.4) is 0 Å². The van der Waals surface area contributed by atoms with Gasteiger partial charge in [0.15, 0.2) is 11.2 Å². The fraction of sp³-hybridized carbons (Fsp3) is 0.375. The summed E-state index contributed by atoms with van der Waals surface area (Å²) in [6, 6.07) is 8.20. The molecule has 0 atom stereocenters. The van der Waals surface area contributed by atoms with E-state index in [-0.39, 0.29) is 24.6 Å². The van der Waals surface area contributed by atoms with Crippen molar-refractivity contribution in [2.45, 2.75) is 43.6 Å². The van der Waals surface area contributed by atoms with Gasteiger partial charge in [0.05, 0.1) is 23.8 Å². The quantitative estimate of drug-likeness (QED) is 0.412. The maximum atomic E-state index is 13.8. The fourth-order valence-corrected chi connectivity index (χ4v) is 5.07. The maximum absolute atomic E-state index is 13.8. The number of carboxylic acid groups (broad SMARTS) is 1. The smallest absolute Gasteiger partial charge is 0.335 e. The van der Waals surface area contributed by atoms with Crippen molar-refractivity contribution in [1.82, 2.24) is 19.7 Å². The Kier molecular flexibility index (Phi) is 4.80. The van der Waals surface area contributed by atoms with E-state index in [1.54, 1.807) is 25.4 Å². The van der Waals surface area contributed by atoms with Crippen LogP contribution < -0.4 is 0 Å². The number of aliphatic carboxylic acids is 1. The summed E-state index contributed by atoms with van der Waals surface area (Å²) in [5, 5.41) is 27.7. The van der Waals surface area contributed by atoms with Crippen LogP contribution in [0.5, 0.6) is 0 Å². The van der Waals surface area contributed by atoms with Gasteiger partial charge in [-0.05, 0) is 49.1 Å². The maximum Gasteiger partial charge on any atom is 0.335 e. The van der Waals surface area contributed by atoms with E-state index in [0.29, 0.717) is 17.8 Å². The summed E-state index contributed by atoms with van der Waals surface area (Å²) >= 11 is 0. The third kappa shape index (κ3) is 3.30. The van der Waals surface area contributed by atoms with Gasteiger partial charge < -0.3 is 19.5 Å². The molecule has 1 saturated carbocycles. The molecular formula is C24H25FN4O4. The number of fused-ring (bicyclic) bond motifs is 2. The third-order valence-corrected chi connectivity index (χ3v) is 6.59. The molecule has 0 saturated heterocycles. The first-order chi connectivity index (χ1) is 15.6. The molecule has 0 spiro atoms. The zero-order valence-corrected chi connectivity index (χ0v) is 18.6. The average molecular weight is 452 g/mol. The van der Waals surface area contributed by atoms with Crippen molar-refractivity contribution in [2.24, 2.45) is 0 Å². The molecule has 8 nitrogen and oxygen atoms in total. The topological polar surface area (TPSA) is 113 Å². The molecule has 0 radical (unpaired) electrons. The Morgan fingerprint density at radius 3 is 2.67 bits per heavy atom. The van der Waals surface area contributed by atoms with Crippen LogP contribution in [0.1, 0.15) is 43.9 Å². The molecule has 0 amide bonds. The molecule has 9 heteroatoms. The molecule has 1 aromatic carbocycles. The Morgan fingerprint density at radius 2 is 2.03 bits per heavy atom. The highest BCUT2D eigenvalue weighted by atomic mass is 19.1. The normalized spacial score (nSPS) is 20.9. The largest absolute Gasteiger partial charge is 0.479 e. The predicted molar refractivity (Wildman–Crippen MR) is 120 cm³/mol. The number of halogens is 1. The number of nitrogens with one attached hydrogen (secondary N) is 1. The average Bonchev–Trinajstić information content (AvgIpc) is 3.32. The number of aromatic nitrogens is 4. The van der Waals surface area contributed by atoms with Crippen LogP contribution in [0.2, 0.25) is 0 Å². The predicted octanol–water partition coefficient (Wildman–Crippen LogP) is 3.66. The number of aromatic amines is 1. The third-order valence-electron chi connectivity index (χ3n) is 6.59. The van der Waals surface area contributed by atoms with Crippen molar-refractivity contribution in [3.63, 3.8) is 0 Å². The number of methoxy groups -OCH3 is 1. The number of ether oxygens (including phenoxy) is 1. The van der Waals surface area contributed by atoms with Crippen LogP contribution in [0.25, 0.3) is 27.8 Å². The van der Waals surface area contributed by atoms with Gasteiger partial charge in [-0.15, -0.1) is 0 Å². The van der Waals surface area contributed by atoms with Crippen LogP contribution in [-0.2, 0) is 14.9 Å². The molecule has 5 rings (SSSR count). The van der Waals surface area contributed by atoms with Crippen molar-refractivity contribution in [3.8, 4) is 5.69 Å². The van der Waals surface area contributed by atoms with Crippen LogP contribution in [0, 0.1) is 5.82 Å². The molecule has 0 bridgehead atoms. The Balaban J connectivity index is 1.85. The van der Waals surface area contributed by atoms with Crippen molar-refractivity contribution in [2.75, 3.05) is 13.7 Å². The van der Waals surface area contributed by atoms with Gasteiger partial charge in [0, 0.05) is 34.9 Å². The van der Waals surface area contributed by atoms with E-state index in [1.807, 2.05) is 24.5 Å². The molecule has 172 valence electrons. The molecule has 33 heavy (non-hydrogen) atoms. The highest BCUT2D eigenvalue weighted by molar-refractivity contribution is 5.94. The number of nitrogens with zero attached hydrogens (tertiary/aromatic N) is 3. The van der Waals surface area contributed by atoms with E-state index >= 15 is 0 Å². The lowest BCUT2D eigenvalue weighted by molar-refractivity contribution is -0.169. The molecule has 1 fully saturated rings. The Bertz CT molecular complexity index is 1370. The van der Waals surface area contributed by atoms with Crippen LogP contribution >= 0.6 is 0 Å². The molecular weight excluding hydrogens is 427 g/mol. The summed E-state index contributed by atoms with van der Waals surface area (Å²) in [4.78, 5) is 16.4. The molecule has 0 aliphatic heterocycles. The second-order valence-corrected chi connectivity index (χ2v) is 9.50. The number of aliphatic hydroxyl groups is 1. The summed E-state index contributed by atoms with van der Waals surface area (Å²) in [5.41, 5.74) is 2.39. The summed E-state index contributed by atoms with van der Waals surface area (Å²) in [7, 11) is 1.63. The summed E-state index contributed by atoms with van der Waals surface area (Å²) in [6.07, 6.45) is 1.86. The zero-order valence-electron chi connectivity index (χ0n) is 18.6. The SMILES string of the molecule is COCC(C)(C)c1c(C2CC(O)(C(=O)O)C2)c2nc3[nH]ncc3cc2n1-c1ccc(F)cc1. The number of hydrogen-bond acceptors (Lipinski definition) is 5. The standard InChI is InChI=1S/C24H25FN4O4/c1-23(2,12-33-3)20-18(14-9-24(32,10-14)22(30)31)19-17(8-13-11-26-28-21(13)27-19)29(20)16-6-4-15(25)5-7-16/h4-8,11,14,32H,9-10,12H2,1-3H3,(H,30,31)(H,26,27,28). The number of pyridine rings is 1. The van der Waals surface area contributed by atoms with E-state index in [1.165, 1.54) is 12.1 Å². The second kappa shape index (κ2) is 7.36. The first-order valence-corrected chi connectivity index (χ1v) is 10.7. The van der Waals surface area contributed by atoms with E-state index in [9.17, 15) is 19.4 Å². The Labute approximate surface area is 189 Å². The lowest BCUT2D eigenvalue weighted by Gasteiger charge is -2.41. The second-order valence-electron chi connectivity index (χ2n) is 9.50. The molecule has 1 aliphatic rings. The highest BCUT2D eigenvalue weighted by Gasteiger charge is 2.52. The van der Waals surface area contributed by atoms with Crippen molar-refractivity contribution in [1.29, 1.82) is 0 Å². The highest BCUT2D eigenvalue weighted by Crippen LogP contribution is 2.51. The monoisotopic (exact) mass is 452 g/mol. The first-order valence-electron chi connectivity index (χ1n) is 10.7. The van der Waals surface area contributed by atoms with E-state index in [4.69, 9.17) is 9.72 Å². The summed E-state index contributed by atoms with van der Waals surface area (Å²) in [6.45, 7) is 4.49. The molecule has 4 aromatic rings. The van der Waals surface area contributed by atoms with E-state index in [2.05, 4.69) is 10.2 Å². The lowest BCUT2D eigenvalue weighted by Crippen LogP contribution is -2.49. The van der Waals surface area contributed by atoms with Gasteiger partial charge in [-0.25, -0.2) is 14.2 Å². The molecule has 3 aromatic heterocycles. The Hall–Kier alpha value is -3.30. The zero-order chi connectivity index (χ0) is 23.5. The summed E-state index contributed by atoms with van der Waals surface area (Å²) in [5.74, 6) is -1.77. The molecule has 3 N–H and O–H groups in total. The number of benzene rings is 1. The minimum absolute atomic E-state index is 0.0869. The van der Waals surface area contributed by atoms with Crippen molar-refractivity contribution < 1.29 is 24.1 Å².